The van der Waals surface area contributed by atoms with Crippen LogP contribution in [0.5, 0.6) is 0 Å². The van der Waals surface area contributed by atoms with Gasteiger partial charge in [-0.3, -0.25) is 0 Å². The molecule has 24 heavy (non-hydrogen) atoms. The van der Waals surface area contributed by atoms with Gasteiger partial charge >= 0.3 is 105 Å². The number of furan rings is 1. The maximum atomic E-state index is 9.11. The summed E-state index contributed by atoms with van der Waals surface area (Å²) in [4.78, 5) is 5.51. The van der Waals surface area contributed by atoms with Gasteiger partial charge in [-0.1, -0.05) is 0 Å². The number of likely N-dealkylation sites (N-methyl/N-ethyl adjacent to an activating group) is 1. The average Bonchev–Trinajstić information content (AvgIpc) is 3.09. The average molecular weight is 390 g/mol. The van der Waals surface area contributed by atoms with E-state index in [9.17, 15) is 0 Å². The first kappa shape index (κ1) is 18.0. The molecule has 1 aliphatic rings. The standard InChI is InChI=1S/C11H6N4OSe.C5H11NO/c12-4-6-9(8-2-1-3-16-8)7(5-13)11(17)15-10(6)14;1-6-2-4-7-5-3-6/h1-3H,(H3,14,15,17);2-5H2,1H3. The Labute approximate surface area is 148 Å². The van der Waals surface area contributed by atoms with Crippen molar-refractivity contribution in [1.29, 1.82) is 10.5 Å². The van der Waals surface area contributed by atoms with Crippen molar-refractivity contribution in [3.8, 4) is 23.5 Å². The van der Waals surface area contributed by atoms with Gasteiger partial charge in [0.1, 0.15) is 13.1 Å². The minimum atomic E-state index is 0.0756. The molecule has 2 aromatic rings. The van der Waals surface area contributed by atoms with Crippen LogP contribution in [-0.2, 0) is 4.74 Å². The molecule has 0 radical (unpaired) electrons. The summed E-state index contributed by atoms with van der Waals surface area (Å²) in [5.41, 5.74) is 6.44. The van der Waals surface area contributed by atoms with Gasteiger partial charge in [0.05, 0.1) is 20.3 Å². The van der Waals surface area contributed by atoms with Crippen molar-refractivity contribution < 1.29 is 14.1 Å². The van der Waals surface area contributed by atoms with Crippen LogP contribution in [0, 0.1) is 22.7 Å². The molecule has 0 spiro atoms. The molecule has 2 aromatic heterocycles. The number of hydrogen-bond donors (Lipinski definition) is 2. The van der Waals surface area contributed by atoms with E-state index in [1.807, 2.05) is 12.1 Å². The second-order valence-electron chi connectivity index (χ2n) is 5.20. The zero-order chi connectivity index (χ0) is 17.5. The molecule has 3 rings (SSSR count). The van der Waals surface area contributed by atoms with Crippen LogP contribution in [0.1, 0.15) is 11.1 Å². The normalized spacial score (nSPS) is 14.1. The van der Waals surface area contributed by atoms with E-state index in [1.165, 1.54) is 19.4 Å². The number of aromatic nitrogens is 1. The van der Waals surface area contributed by atoms with E-state index in [2.05, 4.69) is 28.0 Å². The van der Waals surface area contributed by atoms with Crippen LogP contribution < -0.4 is 15.2 Å². The SMILES string of the molecule is C[NH+]1CCOCC1.N#Cc1c(N)nc([Se-])c(C#N)c1-c1ccco1. The molecule has 0 saturated carbocycles. The van der Waals surface area contributed by atoms with E-state index in [0.717, 1.165) is 13.2 Å². The topological polar surface area (TPSA) is 113 Å². The number of nitrogens with two attached hydrogens (primary N) is 1. The van der Waals surface area contributed by atoms with Gasteiger partial charge in [0.25, 0.3) is 0 Å². The first-order valence-corrected chi connectivity index (χ1v) is 8.17. The van der Waals surface area contributed by atoms with Gasteiger partial charge < -0.3 is 9.64 Å². The molecule has 3 heterocycles. The van der Waals surface area contributed by atoms with E-state index in [0.29, 0.717) is 15.9 Å². The van der Waals surface area contributed by atoms with Gasteiger partial charge in [0.15, 0.2) is 0 Å². The predicted octanol–water partition coefficient (Wildman–Crippen LogP) is -1.01. The van der Waals surface area contributed by atoms with E-state index in [4.69, 9.17) is 25.4 Å². The molecule has 124 valence electrons. The molecule has 0 aromatic carbocycles. The Kier molecular flexibility index (Phi) is 6.36. The van der Waals surface area contributed by atoms with Crippen LogP contribution in [0.2, 0.25) is 0 Å². The number of anilines is 1. The predicted molar refractivity (Wildman–Crippen MR) is 88.6 cm³/mol. The summed E-state index contributed by atoms with van der Waals surface area (Å²) in [7, 11) is 2.20. The zero-order valence-electron chi connectivity index (χ0n) is 13.2. The Hall–Kier alpha value is -2.35. The second-order valence-corrected chi connectivity index (χ2v) is 6.01. The first-order valence-electron chi connectivity index (χ1n) is 7.32. The monoisotopic (exact) mass is 391 g/mol. The molecular weight excluding hydrogens is 373 g/mol. The molecule has 0 amide bonds. The Morgan fingerprint density at radius 3 is 2.38 bits per heavy atom. The third-order valence-corrected chi connectivity index (χ3v) is 4.15. The third kappa shape index (κ3) is 4.14. The van der Waals surface area contributed by atoms with Crippen LogP contribution in [-0.4, -0.2) is 54.3 Å². The fourth-order valence-electron chi connectivity index (χ4n) is 2.19. The summed E-state index contributed by atoms with van der Waals surface area (Å²) >= 11 is 2.65. The van der Waals surface area contributed by atoms with Crippen molar-refractivity contribution in [1.82, 2.24) is 4.98 Å². The van der Waals surface area contributed by atoms with Gasteiger partial charge in [-0.25, -0.2) is 0 Å². The molecule has 8 heteroatoms. The Bertz CT molecular complexity index is 733. The summed E-state index contributed by atoms with van der Waals surface area (Å²) in [6.45, 7) is 4.26. The number of nitrogen functional groups attached to an aromatic ring is 1. The Morgan fingerprint density at radius 1 is 1.25 bits per heavy atom. The number of rotatable bonds is 1. The number of nitrogens with zero attached hydrogens (tertiary/aromatic N) is 3. The molecule has 7 nitrogen and oxygen atoms in total. The van der Waals surface area contributed by atoms with Crippen molar-refractivity contribution in [2.24, 2.45) is 0 Å². The van der Waals surface area contributed by atoms with Gasteiger partial charge in [-0.2, -0.15) is 0 Å². The van der Waals surface area contributed by atoms with Crippen molar-refractivity contribution in [2.75, 3.05) is 39.1 Å². The van der Waals surface area contributed by atoms with E-state index in [1.54, 1.807) is 17.0 Å². The molecule has 3 N–H and O–H groups in total. The number of nitrogens with one attached hydrogen (secondary N) is 1. The van der Waals surface area contributed by atoms with Crippen LogP contribution in [0.15, 0.2) is 22.8 Å². The fraction of sp³-hybridized carbons (Fsp3) is 0.312. The number of quaternary nitrogens is 1. The van der Waals surface area contributed by atoms with Crippen molar-refractivity contribution in [2.45, 2.75) is 0 Å². The van der Waals surface area contributed by atoms with Crippen molar-refractivity contribution >= 4 is 26.4 Å². The number of morpholine rings is 1. The van der Waals surface area contributed by atoms with Gasteiger partial charge in [-0.15, -0.1) is 0 Å². The van der Waals surface area contributed by atoms with Gasteiger partial charge in [0.2, 0.25) is 0 Å². The summed E-state index contributed by atoms with van der Waals surface area (Å²) in [5.74, 6) is 0.496. The Balaban J connectivity index is 0.000000249. The number of ether oxygens (including phenoxy) is 1. The second kappa shape index (κ2) is 8.49. The molecule has 0 bridgehead atoms. The first-order chi connectivity index (χ1) is 11.6. The summed E-state index contributed by atoms with van der Waals surface area (Å²) < 4.78 is 10.7. The van der Waals surface area contributed by atoms with E-state index in [-0.39, 0.29) is 16.9 Å². The third-order valence-electron chi connectivity index (χ3n) is 3.53. The van der Waals surface area contributed by atoms with Gasteiger partial charge in [0, 0.05) is 0 Å². The summed E-state index contributed by atoms with van der Waals surface area (Å²) in [5, 5.41) is 18.2. The summed E-state index contributed by atoms with van der Waals surface area (Å²) in [6.07, 6.45) is 1.47. The molecule has 0 aliphatic carbocycles. The molecule has 1 aliphatic heterocycles. The number of nitriles is 2. The zero-order valence-corrected chi connectivity index (χ0v) is 14.9. The van der Waals surface area contributed by atoms with Crippen molar-refractivity contribution in [3.63, 3.8) is 0 Å². The maximum absolute atomic E-state index is 9.11. The van der Waals surface area contributed by atoms with Crippen molar-refractivity contribution in [3.05, 3.63) is 29.5 Å². The molecule has 1 saturated heterocycles. The van der Waals surface area contributed by atoms with Crippen LogP contribution in [0.4, 0.5) is 5.82 Å². The number of hydrogen-bond acceptors (Lipinski definition) is 6. The molecular formula is C16H17N5O2Se. The summed E-state index contributed by atoms with van der Waals surface area (Å²) in [6, 6.07) is 7.27. The quantitative estimate of drug-likeness (QED) is 0.604. The van der Waals surface area contributed by atoms with Crippen LogP contribution in [0.25, 0.3) is 11.3 Å². The van der Waals surface area contributed by atoms with Gasteiger partial charge in [-0.05, 0) is 0 Å². The van der Waals surface area contributed by atoms with Crippen LogP contribution in [0.3, 0.4) is 0 Å². The fourth-order valence-corrected chi connectivity index (χ4v) is 2.70. The molecule has 0 atom stereocenters. The molecule has 1 fully saturated rings. The number of pyridine rings is 1. The van der Waals surface area contributed by atoms with E-state index < -0.39 is 0 Å². The minimum absolute atomic E-state index is 0.0756. The van der Waals surface area contributed by atoms with Crippen LogP contribution >= 0.6 is 0 Å². The molecule has 0 unspecified atom stereocenters. The Morgan fingerprint density at radius 2 is 1.92 bits per heavy atom. The van der Waals surface area contributed by atoms with E-state index >= 15 is 0 Å².